The Balaban J connectivity index is 1.92. The van der Waals surface area contributed by atoms with E-state index in [1.807, 2.05) is 0 Å². The molecule has 0 saturated carbocycles. The summed E-state index contributed by atoms with van der Waals surface area (Å²) in [4.78, 5) is 44.9. The Labute approximate surface area is 200 Å². The Morgan fingerprint density at radius 1 is 1.14 bits per heavy atom. The van der Waals surface area contributed by atoms with Gasteiger partial charge in [-0.25, -0.2) is 4.39 Å². The standard InChI is InChI=1S/C25H27FN4O5/c1-14(25(34)35)20-21(23(27)32)24(33)30(13-19(31)29-8-2-3-9-29)18-11-16(12-28-22(18)20)10-15-4-6-17(26)7-5-15/h4-7,11-12,14,25,34-35H,2-3,8-10,13H2,1H3,(H2,27,32). The van der Waals surface area contributed by atoms with E-state index in [9.17, 15) is 29.0 Å². The number of aliphatic hydroxyl groups is 2. The molecule has 3 aromatic rings. The summed E-state index contributed by atoms with van der Waals surface area (Å²) in [6.45, 7) is 2.31. The number of likely N-dealkylation sites (tertiary alicyclic amines) is 1. The van der Waals surface area contributed by atoms with E-state index in [0.717, 1.165) is 18.4 Å². The number of hydrogen-bond acceptors (Lipinski definition) is 6. The molecule has 1 aliphatic rings. The predicted molar refractivity (Wildman–Crippen MR) is 126 cm³/mol. The molecule has 4 N–H and O–H groups in total. The van der Waals surface area contributed by atoms with Crippen LogP contribution in [0, 0.1) is 5.82 Å². The summed E-state index contributed by atoms with van der Waals surface area (Å²) in [5.41, 5.74) is 6.28. The molecule has 4 rings (SSSR count). The number of aliphatic hydroxyl groups excluding tert-OH is 1. The highest BCUT2D eigenvalue weighted by Gasteiger charge is 2.29. The number of nitrogens with zero attached hydrogens (tertiary/aromatic N) is 3. The molecule has 0 spiro atoms. The first kappa shape index (κ1) is 24.5. The topological polar surface area (TPSA) is 139 Å². The second kappa shape index (κ2) is 9.93. The maximum Gasteiger partial charge on any atom is 0.264 e. The van der Waals surface area contributed by atoms with Crippen molar-refractivity contribution in [1.29, 1.82) is 0 Å². The number of fused-ring (bicyclic) bond motifs is 1. The fraction of sp³-hybridized carbons (Fsp3) is 0.360. The highest BCUT2D eigenvalue weighted by Crippen LogP contribution is 2.29. The summed E-state index contributed by atoms with van der Waals surface area (Å²) in [7, 11) is 0. The Bertz CT molecular complexity index is 1330. The van der Waals surface area contributed by atoms with E-state index in [1.54, 1.807) is 23.1 Å². The average Bonchev–Trinajstić information content (AvgIpc) is 3.36. The van der Waals surface area contributed by atoms with Crippen LogP contribution in [0.2, 0.25) is 0 Å². The van der Waals surface area contributed by atoms with Crippen LogP contribution < -0.4 is 11.3 Å². The van der Waals surface area contributed by atoms with Crippen molar-refractivity contribution < 1.29 is 24.2 Å². The van der Waals surface area contributed by atoms with Crippen LogP contribution in [0.1, 0.15) is 52.7 Å². The lowest BCUT2D eigenvalue weighted by Gasteiger charge is -2.22. The highest BCUT2D eigenvalue weighted by molar-refractivity contribution is 5.99. The van der Waals surface area contributed by atoms with Gasteiger partial charge in [0, 0.05) is 30.8 Å². The van der Waals surface area contributed by atoms with Crippen molar-refractivity contribution in [3.05, 3.63) is 75.0 Å². The normalized spacial score (nSPS) is 14.6. The van der Waals surface area contributed by atoms with Gasteiger partial charge in [0.05, 0.1) is 11.0 Å². The predicted octanol–water partition coefficient (Wildman–Crippen LogP) is 1.26. The monoisotopic (exact) mass is 482 g/mol. The Morgan fingerprint density at radius 3 is 2.40 bits per heavy atom. The molecule has 0 bridgehead atoms. The number of primary amides is 1. The molecule has 1 atom stereocenters. The Morgan fingerprint density at radius 2 is 1.80 bits per heavy atom. The zero-order valence-corrected chi connectivity index (χ0v) is 19.3. The number of aromatic nitrogens is 2. The Kier molecular flexibility index (Phi) is 6.95. The molecule has 9 nitrogen and oxygen atoms in total. The van der Waals surface area contributed by atoms with Gasteiger partial charge >= 0.3 is 0 Å². The minimum absolute atomic E-state index is 0.0192. The molecule has 1 unspecified atom stereocenters. The SMILES string of the molecule is CC(c1c(C(N)=O)c(=O)n(CC(=O)N2CCCC2)c2cc(Cc3ccc(F)cc3)cnc12)C(O)O. The number of pyridine rings is 2. The van der Waals surface area contributed by atoms with E-state index in [0.29, 0.717) is 25.1 Å². The molecule has 1 aromatic carbocycles. The van der Waals surface area contributed by atoms with E-state index in [2.05, 4.69) is 4.98 Å². The van der Waals surface area contributed by atoms with Gasteiger partial charge in [-0.1, -0.05) is 19.1 Å². The molecule has 184 valence electrons. The van der Waals surface area contributed by atoms with Gasteiger partial charge in [0.15, 0.2) is 6.29 Å². The van der Waals surface area contributed by atoms with Crippen LogP contribution in [-0.2, 0) is 17.8 Å². The molecule has 3 heterocycles. The van der Waals surface area contributed by atoms with Crippen molar-refractivity contribution in [3.8, 4) is 0 Å². The van der Waals surface area contributed by atoms with Gasteiger partial charge in [0.2, 0.25) is 5.91 Å². The molecule has 35 heavy (non-hydrogen) atoms. The number of rotatable bonds is 7. The molecule has 0 aliphatic carbocycles. The minimum atomic E-state index is -1.88. The highest BCUT2D eigenvalue weighted by atomic mass is 19.1. The second-order valence-corrected chi connectivity index (χ2v) is 8.85. The third kappa shape index (κ3) is 4.94. The fourth-order valence-electron chi connectivity index (χ4n) is 4.51. The van der Waals surface area contributed by atoms with Crippen molar-refractivity contribution in [2.75, 3.05) is 13.1 Å². The van der Waals surface area contributed by atoms with E-state index in [1.165, 1.54) is 29.8 Å². The summed E-state index contributed by atoms with van der Waals surface area (Å²) < 4.78 is 14.5. The first-order valence-electron chi connectivity index (χ1n) is 11.4. The molecule has 2 amide bonds. The minimum Gasteiger partial charge on any atom is -0.368 e. The fourth-order valence-corrected chi connectivity index (χ4v) is 4.51. The van der Waals surface area contributed by atoms with Gasteiger partial charge in [-0.3, -0.25) is 23.9 Å². The van der Waals surface area contributed by atoms with Crippen molar-refractivity contribution >= 4 is 22.8 Å². The number of carbonyl (C=O) groups excluding carboxylic acids is 2. The number of amides is 2. The lowest BCUT2D eigenvalue weighted by atomic mass is 9.93. The molecule has 10 heteroatoms. The van der Waals surface area contributed by atoms with Gasteiger partial charge < -0.3 is 20.8 Å². The third-order valence-electron chi connectivity index (χ3n) is 6.42. The summed E-state index contributed by atoms with van der Waals surface area (Å²) in [5.74, 6) is -2.72. The summed E-state index contributed by atoms with van der Waals surface area (Å²) >= 11 is 0. The van der Waals surface area contributed by atoms with Crippen LogP contribution in [0.15, 0.2) is 41.3 Å². The zero-order chi connectivity index (χ0) is 25.3. The first-order chi connectivity index (χ1) is 16.7. The Hall–Kier alpha value is -3.63. The molecule has 1 aliphatic heterocycles. The van der Waals surface area contributed by atoms with Crippen LogP contribution in [0.5, 0.6) is 0 Å². The van der Waals surface area contributed by atoms with Crippen LogP contribution in [0.3, 0.4) is 0 Å². The maximum absolute atomic E-state index is 13.5. The first-order valence-corrected chi connectivity index (χ1v) is 11.4. The molecule has 1 saturated heterocycles. The van der Waals surface area contributed by atoms with Crippen molar-refractivity contribution in [2.24, 2.45) is 5.73 Å². The second-order valence-electron chi connectivity index (χ2n) is 8.85. The van der Waals surface area contributed by atoms with Crippen LogP contribution in [0.25, 0.3) is 11.0 Å². The number of nitrogens with two attached hydrogens (primary N) is 1. The zero-order valence-electron chi connectivity index (χ0n) is 19.3. The molecule has 1 fully saturated rings. The third-order valence-corrected chi connectivity index (χ3v) is 6.42. The quantitative estimate of drug-likeness (QED) is 0.434. The largest absolute Gasteiger partial charge is 0.368 e. The van der Waals surface area contributed by atoms with Crippen LogP contribution >= 0.6 is 0 Å². The number of carbonyl (C=O) groups is 2. The van der Waals surface area contributed by atoms with Gasteiger partial charge in [-0.05, 0) is 48.6 Å². The molecule has 0 radical (unpaired) electrons. The lowest BCUT2D eigenvalue weighted by Crippen LogP contribution is -2.39. The summed E-state index contributed by atoms with van der Waals surface area (Å²) in [5, 5.41) is 19.7. The van der Waals surface area contributed by atoms with Crippen molar-refractivity contribution in [3.63, 3.8) is 0 Å². The van der Waals surface area contributed by atoms with Crippen molar-refractivity contribution in [1.82, 2.24) is 14.5 Å². The maximum atomic E-state index is 13.5. The number of halogens is 1. The van der Waals surface area contributed by atoms with Gasteiger partial charge in [-0.2, -0.15) is 0 Å². The number of benzene rings is 1. The molecule has 2 aromatic heterocycles. The van der Waals surface area contributed by atoms with E-state index in [4.69, 9.17) is 5.73 Å². The van der Waals surface area contributed by atoms with Crippen molar-refractivity contribution in [2.45, 2.75) is 44.9 Å². The molecular formula is C25H27FN4O5. The van der Waals surface area contributed by atoms with Gasteiger partial charge in [0.1, 0.15) is 17.9 Å². The number of hydrogen-bond donors (Lipinski definition) is 3. The van der Waals surface area contributed by atoms with Crippen LogP contribution in [0.4, 0.5) is 4.39 Å². The van der Waals surface area contributed by atoms with E-state index < -0.39 is 29.2 Å². The smallest absolute Gasteiger partial charge is 0.264 e. The van der Waals surface area contributed by atoms with Crippen LogP contribution in [-0.4, -0.2) is 55.9 Å². The average molecular weight is 483 g/mol. The summed E-state index contributed by atoms with van der Waals surface area (Å²) in [6, 6.07) is 7.63. The molecular weight excluding hydrogens is 455 g/mol. The lowest BCUT2D eigenvalue weighted by molar-refractivity contribution is -0.130. The van der Waals surface area contributed by atoms with E-state index in [-0.39, 0.29) is 34.9 Å². The van der Waals surface area contributed by atoms with Gasteiger partial charge in [0.25, 0.3) is 11.5 Å². The van der Waals surface area contributed by atoms with E-state index >= 15 is 0 Å². The van der Waals surface area contributed by atoms with Gasteiger partial charge in [-0.15, -0.1) is 0 Å². The summed E-state index contributed by atoms with van der Waals surface area (Å²) in [6.07, 6.45) is 1.79.